The molecule has 0 amide bonds. The molecule has 1 saturated heterocycles. The molecule has 3 rings (SSSR count). The number of fused-ring (bicyclic) bond motifs is 1. The van der Waals surface area contributed by atoms with Crippen molar-refractivity contribution in [3.05, 3.63) is 18.2 Å². The zero-order valence-corrected chi connectivity index (χ0v) is 14.4. The van der Waals surface area contributed by atoms with Crippen LogP contribution in [0.4, 0.5) is 0 Å². The minimum atomic E-state index is -3.61. The number of rotatable bonds is 4. The first kappa shape index (κ1) is 17.0. The molecule has 0 aliphatic carbocycles. The van der Waals surface area contributed by atoms with Crippen LogP contribution in [0.25, 0.3) is 0 Å². The fourth-order valence-corrected chi connectivity index (χ4v) is 4.41. The second kappa shape index (κ2) is 6.98. The molecule has 0 aromatic heterocycles. The Morgan fingerprint density at radius 1 is 1.21 bits per heavy atom. The molecular formula is C16H21NO6S. The second-order valence-corrected chi connectivity index (χ2v) is 7.67. The van der Waals surface area contributed by atoms with Crippen molar-refractivity contribution in [2.24, 2.45) is 5.92 Å². The van der Waals surface area contributed by atoms with E-state index >= 15 is 0 Å². The van der Waals surface area contributed by atoms with Gasteiger partial charge in [-0.2, -0.15) is 4.31 Å². The first-order valence-corrected chi connectivity index (χ1v) is 9.53. The minimum Gasteiger partial charge on any atom is -0.486 e. The molecular weight excluding hydrogens is 334 g/mol. The number of piperidine rings is 1. The number of nitrogens with zero attached hydrogens (tertiary/aromatic N) is 1. The highest BCUT2D eigenvalue weighted by Crippen LogP contribution is 2.34. The summed E-state index contributed by atoms with van der Waals surface area (Å²) in [5, 5.41) is 0. The molecule has 2 heterocycles. The van der Waals surface area contributed by atoms with Crippen LogP contribution in [-0.2, 0) is 19.6 Å². The normalized spacial score (nSPS) is 19.0. The molecule has 0 bridgehead atoms. The minimum absolute atomic E-state index is 0.182. The summed E-state index contributed by atoms with van der Waals surface area (Å²) in [5.41, 5.74) is 0. The fraction of sp³-hybridized carbons (Fsp3) is 0.562. The Hall–Kier alpha value is -1.80. The highest BCUT2D eigenvalue weighted by molar-refractivity contribution is 7.89. The zero-order chi connectivity index (χ0) is 17.2. The monoisotopic (exact) mass is 355 g/mol. The smallest absolute Gasteiger partial charge is 0.309 e. The van der Waals surface area contributed by atoms with Gasteiger partial charge in [-0.05, 0) is 31.9 Å². The van der Waals surface area contributed by atoms with E-state index < -0.39 is 10.0 Å². The van der Waals surface area contributed by atoms with Crippen LogP contribution in [0.3, 0.4) is 0 Å². The first-order chi connectivity index (χ1) is 11.5. The Morgan fingerprint density at radius 3 is 2.54 bits per heavy atom. The number of benzene rings is 1. The molecule has 0 atom stereocenters. The van der Waals surface area contributed by atoms with Gasteiger partial charge in [-0.3, -0.25) is 4.79 Å². The van der Waals surface area contributed by atoms with E-state index in [4.69, 9.17) is 14.2 Å². The lowest BCUT2D eigenvalue weighted by Crippen LogP contribution is -2.40. The number of esters is 1. The van der Waals surface area contributed by atoms with Gasteiger partial charge < -0.3 is 14.2 Å². The molecule has 8 heteroatoms. The lowest BCUT2D eigenvalue weighted by molar-refractivity contribution is -0.149. The van der Waals surface area contributed by atoms with Crippen LogP contribution in [0.15, 0.2) is 23.1 Å². The van der Waals surface area contributed by atoms with Crippen LogP contribution < -0.4 is 9.47 Å². The Bertz CT molecular complexity index is 709. The number of hydrogen-bond donors (Lipinski definition) is 0. The molecule has 132 valence electrons. The molecule has 7 nitrogen and oxygen atoms in total. The van der Waals surface area contributed by atoms with Crippen LogP contribution in [0.2, 0.25) is 0 Å². The summed E-state index contributed by atoms with van der Waals surface area (Å²) in [4.78, 5) is 11.9. The third kappa shape index (κ3) is 3.34. The van der Waals surface area contributed by atoms with Crippen molar-refractivity contribution in [2.45, 2.75) is 24.7 Å². The summed E-state index contributed by atoms with van der Waals surface area (Å²) in [7, 11) is -3.61. The lowest BCUT2D eigenvalue weighted by atomic mass is 9.98. The zero-order valence-electron chi connectivity index (χ0n) is 13.6. The molecule has 1 aromatic rings. The maximum Gasteiger partial charge on any atom is 0.309 e. The number of ether oxygens (including phenoxy) is 3. The van der Waals surface area contributed by atoms with E-state index in [0.29, 0.717) is 57.3 Å². The molecule has 1 fully saturated rings. The average molecular weight is 355 g/mol. The molecule has 0 radical (unpaired) electrons. The van der Waals surface area contributed by atoms with Crippen molar-refractivity contribution >= 4 is 16.0 Å². The number of hydrogen-bond acceptors (Lipinski definition) is 6. The molecule has 0 unspecified atom stereocenters. The van der Waals surface area contributed by atoms with E-state index in [2.05, 4.69) is 0 Å². The quantitative estimate of drug-likeness (QED) is 0.760. The molecule has 0 spiro atoms. The Labute approximate surface area is 141 Å². The van der Waals surface area contributed by atoms with Gasteiger partial charge >= 0.3 is 5.97 Å². The lowest BCUT2D eigenvalue weighted by Gasteiger charge is -2.30. The molecule has 2 aliphatic heterocycles. The van der Waals surface area contributed by atoms with Gasteiger partial charge in [0.2, 0.25) is 10.0 Å². The van der Waals surface area contributed by atoms with Crippen LogP contribution in [-0.4, -0.2) is 51.6 Å². The van der Waals surface area contributed by atoms with Crippen molar-refractivity contribution in [1.82, 2.24) is 4.31 Å². The SMILES string of the molecule is CCOC(=O)C1CCN(S(=O)(=O)c2ccc3c(c2)OCCO3)CC1. The molecule has 24 heavy (non-hydrogen) atoms. The Balaban J connectivity index is 1.71. The summed E-state index contributed by atoms with van der Waals surface area (Å²) in [5.74, 6) is 0.537. The summed E-state index contributed by atoms with van der Waals surface area (Å²) in [6.45, 7) is 3.58. The van der Waals surface area contributed by atoms with Crippen molar-refractivity contribution in [2.75, 3.05) is 32.9 Å². The van der Waals surface area contributed by atoms with Crippen LogP contribution in [0.5, 0.6) is 11.5 Å². The van der Waals surface area contributed by atoms with Crippen LogP contribution in [0.1, 0.15) is 19.8 Å². The molecule has 1 aromatic carbocycles. The average Bonchev–Trinajstić information content (AvgIpc) is 2.61. The van der Waals surface area contributed by atoms with Gasteiger partial charge in [-0.15, -0.1) is 0 Å². The maximum absolute atomic E-state index is 12.8. The van der Waals surface area contributed by atoms with E-state index in [1.54, 1.807) is 13.0 Å². The highest BCUT2D eigenvalue weighted by atomic mass is 32.2. The van der Waals surface area contributed by atoms with Gasteiger partial charge in [0.25, 0.3) is 0 Å². The topological polar surface area (TPSA) is 82.1 Å². The third-order valence-electron chi connectivity index (χ3n) is 4.23. The van der Waals surface area contributed by atoms with E-state index in [1.807, 2.05) is 0 Å². The van der Waals surface area contributed by atoms with Gasteiger partial charge in [-0.1, -0.05) is 0 Å². The second-order valence-electron chi connectivity index (χ2n) is 5.74. The van der Waals surface area contributed by atoms with Crippen molar-refractivity contribution in [3.63, 3.8) is 0 Å². The number of carbonyl (C=O) groups is 1. The van der Waals surface area contributed by atoms with Crippen LogP contribution >= 0.6 is 0 Å². The highest BCUT2D eigenvalue weighted by Gasteiger charge is 2.33. The summed E-state index contributed by atoms with van der Waals surface area (Å²) < 4.78 is 42.9. The van der Waals surface area contributed by atoms with Gasteiger partial charge in [-0.25, -0.2) is 8.42 Å². The Morgan fingerprint density at radius 2 is 1.88 bits per heavy atom. The van der Waals surface area contributed by atoms with Crippen molar-refractivity contribution in [1.29, 1.82) is 0 Å². The summed E-state index contributed by atoms with van der Waals surface area (Å²) in [6, 6.07) is 4.65. The molecule has 0 saturated carbocycles. The van der Waals surface area contributed by atoms with E-state index in [9.17, 15) is 13.2 Å². The predicted molar refractivity (Wildman–Crippen MR) is 85.5 cm³/mol. The van der Waals surface area contributed by atoms with E-state index in [-0.39, 0.29) is 16.8 Å². The van der Waals surface area contributed by atoms with Gasteiger partial charge in [0.1, 0.15) is 13.2 Å². The van der Waals surface area contributed by atoms with Crippen molar-refractivity contribution < 1.29 is 27.4 Å². The fourth-order valence-electron chi connectivity index (χ4n) is 2.93. The molecule has 0 N–H and O–H groups in total. The van der Waals surface area contributed by atoms with Crippen LogP contribution in [0, 0.1) is 5.92 Å². The van der Waals surface area contributed by atoms with E-state index in [0.717, 1.165) is 0 Å². The van der Waals surface area contributed by atoms with Gasteiger partial charge in [0.05, 0.1) is 17.4 Å². The number of carbonyl (C=O) groups excluding carboxylic acids is 1. The predicted octanol–water partition coefficient (Wildman–Crippen LogP) is 1.42. The third-order valence-corrected chi connectivity index (χ3v) is 6.12. The Kier molecular flexibility index (Phi) is 4.96. The summed E-state index contributed by atoms with van der Waals surface area (Å²) in [6.07, 6.45) is 0.950. The largest absolute Gasteiger partial charge is 0.486 e. The van der Waals surface area contributed by atoms with Gasteiger partial charge in [0.15, 0.2) is 11.5 Å². The van der Waals surface area contributed by atoms with Gasteiger partial charge in [0, 0.05) is 19.2 Å². The van der Waals surface area contributed by atoms with E-state index in [1.165, 1.54) is 16.4 Å². The molecule has 2 aliphatic rings. The standard InChI is InChI=1S/C16H21NO6S/c1-2-21-16(18)12-5-7-17(8-6-12)24(19,20)13-3-4-14-15(11-13)23-10-9-22-14/h3-4,11-12H,2,5-10H2,1H3. The first-order valence-electron chi connectivity index (χ1n) is 8.09. The number of sulfonamides is 1. The maximum atomic E-state index is 12.8. The van der Waals surface area contributed by atoms with Crippen molar-refractivity contribution in [3.8, 4) is 11.5 Å². The summed E-state index contributed by atoms with van der Waals surface area (Å²) >= 11 is 0.